The Labute approximate surface area is 195 Å². The summed E-state index contributed by atoms with van der Waals surface area (Å²) >= 11 is 1.20. The van der Waals surface area contributed by atoms with Gasteiger partial charge in [0.25, 0.3) is 5.91 Å². The lowest BCUT2D eigenvalue weighted by molar-refractivity contribution is -0.113. The van der Waals surface area contributed by atoms with Crippen molar-refractivity contribution >= 4 is 35.2 Å². The van der Waals surface area contributed by atoms with Gasteiger partial charge in [-0.05, 0) is 38.1 Å². The smallest absolute Gasteiger partial charge is 0.339 e. The van der Waals surface area contributed by atoms with Gasteiger partial charge in [-0.2, -0.15) is 0 Å². The third kappa shape index (κ3) is 5.98. The highest BCUT2D eigenvalue weighted by Crippen LogP contribution is 2.21. The maximum atomic E-state index is 12.5. The molecule has 1 atom stereocenters. The van der Waals surface area contributed by atoms with Gasteiger partial charge in [0.15, 0.2) is 11.0 Å². The number of methoxy groups -OCH3 is 1. The fourth-order valence-electron chi connectivity index (χ4n) is 3.16. The number of carbonyl (C=O) groups is 3. The van der Waals surface area contributed by atoms with E-state index in [-0.39, 0.29) is 29.2 Å². The van der Waals surface area contributed by atoms with E-state index in [4.69, 9.17) is 4.74 Å². The van der Waals surface area contributed by atoms with Gasteiger partial charge < -0.3 is 19.9 Å². The summed E-state index contributed by atoms with van der Waals surface area (Å²) in [6.07, 6.45) is 0. The van der Waals surface area contributed by atoms with Crippen LogP contribution >= 0.6 is 11.8 Å². The molecule has 2 amide bonds. The first-order valence-electron chi connectivity index (χ1n) is 10.2. The minimum absolute atomic E-state index is 0.0610. The van der Waals surface area contributed by atoms with Gasteiger partial charge in [0.2, 0.25) is 5.91 Å². The molecule has 3 aromatic rings. The number of hydrogen-bond acceptors (Lipinski definition) is 7. The van der Waals surface area contributed by atoms with Crippen molar-refractivity contribution in [2.45, 2.75) is 25.0 Å². The lowest BCUT2D eigenvalue weighted by Crippen LogP contribution is -2.28. The largest absolute Gasteiger partial charge is 0.465 e. The lowest BCUT2D eigenvalue weighted by atomic mass is 10.1. The van der Waals surface area contributed by atoms with Crippen LogP contribution in [-0.4, -0.2) is 45.4 Å². The average Bonchev–Trinajstić information content (AvgIpc) is 3.17. The van der Waals surface area contributed by atoms with Gasteiger partial charge in [-0.3, -0.25) is 9.59 Å². The van der Waals surface area contributed by atoms with Crippen molar-refractivity contribution in [1.82, 2.24) is 20.1 Å². The molecule has 0 aliphatic carbocycles. The number of carbonyl (C=O) groups excluding carboxylic acids is 3. The Hall–Kier alpha value is -3.66. The summed E-state index contributed by atoms with van der Waals surface area (Å²) in [5, 5.41) is 14.5. The zero-order valence-electron chi connectivity index (χ0n) is 18.8. The van der Waals surface area contributed by atoms with E-state index in [2.05, 4.69) is 20.8 Å². The molecule has 0 spiro atoms. The Morgan fingerprint density at radius 3 is 2.61 bits per heavy atom. The van der Waals surface area contributed by atoms with Crippen LogP contribution < -0.4 is 10.6 Å². The van der Waals surface area contributed by atoms with Crippen molar-refractivity contribution in [3.05, 3.63) is 71.0 Å². The van der Waals surface area contributed by atoms with E-state index in [1.807, 2.05) is 32.0 Å². The highest BCUT2D eigenvalue weighted by Gasteiger charge is 2.20. The number of aryl methyl sites for hydroxylation is 1. The highest BCUT2D eigenvalue weighted by molar-refractivity contribution is 7.99. The molecular weight excluding hydrogens is 442 g/mol. The van der Waals surface area contributed by atoms with Crippen LogP contribution in [0.2, 0.25) is 0 Å². The number of thioether (sulfide) groups is 1. The number of ether oxygens (including phenoxy) is 1. The van der Waals surface area contributed by atoms with E-state index >= 15 is 0 Å². The Morgan fingerprint density at radius 2 is 1.88 bits per heavy atom. The molecule has 2 N–H and O–H groups in total. The third-order valence-electron chi connectivity index (χ3n) is 4.82. The second kappa shape index (κ2) is 10.8. The van der Waals surface area contributed by atoms with Crippen molar-refractivity contribution in [2.24, 2.45) is 7.05 Å². The van der Waals surface area contributed by atoms with Crippen molar-refractivity contribution < 1.29 is 19.1 Å². The monoisotopic (exact) mass is 467 g/mol. The summed E-state index contributed by atoms with van der Waals surface area (Å²) in [6, 6.07) is 13.6. The molecular formula is C23H25N5O4S. The zero-order valence-corrected chi connectivity index (χ0v) is 19.6. The standard InChI is InChI=1S/C23H25N5O4S/c1-14-8-7-9-16(12-14)21(30)24-15(2)20-26-27-23(28(20)3)33-13-19(29)25-18-11-6-5-10-17(18)22(31)32-4/h5-12,15H,13H2,1-4H3,(H,24,30)(H,25,29)/t15-/m1/s1. The van der Waals surface area contributed by atoms with Crippen LogP contribution in [0.25, 0.3) is 0 Å². The van der Waals surface area contributed by atoms with E-state index in [1.165, 1.54) is 18.9 Å². The average molecular weight is 468 g/mol. The molecule has 2 aromatic carbocycles. The van der Waals surface area contributed by atoms with Crippen LogP contribution in [0.4, 0.5) is 5.69 Å². The Bertz CT molecular complexity index is 1180. The predicted octanol–water partition coefficient (Wildman–Crippen LogP) is 3.13. The van der Waals surface area contributed by atoms with E-state index < -0.39 is 5.97 Å². The summed E-state index contributed by atoms with van der Waals surface area (Å²) in [4.78, 5) is 36.8. The van der Waals surface area contributed by atoms with Crippen LogP contribution in [-0.2, 0) is 16.6 Å². The molecule has 10 heteroatoms. The molecule has 0 radical (unpaired) electrons. The Morgan fingerprint density at radius 1 is 1.12 bits per heavy atom. The molecule has 3 rings (SSSR count). The van der Waals surface area contributed by atoms with Crippen molar-refractivity contribution in [2.75, 3.05) is 18.2 Å². The SMILES string of the molecule is COC(=O)c1ccccc1NC(=O)CSc1nnc([C@@H](C)NC(=O)c2cccc(C)c2)n1C. The molecule has 0 aliphatic heterocycles. The number of nitrogens with one attached hydrogen (secondary N) is 2. The minimum atomic E-state index is -0.529. The van der Waals surface area contributed by atoms with E-state index in [0.717, 1.165) is 5.56 Å². The number of rotatable bonds is 8. The van der Waals surface area contributed by atoms with Crippen LogP contribution in [0.3, 0.4) is 0 Å². The molecule has 0 bridgehead atoms. The third-order valence-corrected chi connectivity index (χ3v) is 5.84. The number of amides is 2. The number of anilines is 1. The molecule has 0 saturated carbocycles. The first-order valence-corrected chi connectivity index (χ1v) is 11.2. The number of esters is 1. The van der Waals surface area contributed by atoms with Gasteiger partial charge in [0.05, 0.1) is 30.2 Å². The zero-order chi connectivity index (χ0) is 24.0. The first-order chi connectivity index (χ1) is 15.8. The van der Waals surface area contributed by atoms with Gasteiger partial charge >= 0.3 is 5.97 Å². The molecule has 0 saturated heterocycles. The van der Waals surface area contributed by atoms with E-state index in [1.54, 1.807) is 41.9 Å². The van der Waals surface area contributed by atoms with Gasteiger partial charge in [-0.15, -0.1) is 10.2 Å². The molecule has 1 aromatic heterocycles. The lowest BCUT2D eigenvalue weighted by Gasteiger charge is -2.14. The second-order valence-electron chi connectivity index (χ2n) is 7.34. The molecule has 33 heavy (non-hydrogen) atoms. The topological polar surface area (TPSA) is 115 Å². The van der Waals surface area contributed by atoms with Crippen LogP contribution in [0.5, 0.6) is 0 Å². The van der Waals surface area contributed by atoms with E-state index in [0.29, 0.717) is 22.2 Å². The number of para-hydroxylation sites is 1. The van der Waals surface area contributed by atoms with Gasteiger partial charge in [-0.1, -0.05) is 41.6 Å². The number of nitrogens with zero attached hydrogens (tertiary/aromatic N) is 3. The first kappa shape index (κ1) is 24.0. The summed E-state index contributed by atoms with van der Waals surface area (Å²) in [7, 11) is 3.06. The van der Waals surface area contributed by atoms with Gasteiger partial charge in [-0.25, -0.2) is 4.79 Å². The minimum Gasteiger partial charge on any atom is -0.465 e. The molecule has 0 unspecified atom stereocenters. The molecule has 9 nitrogen and oxygen atoms in total. The van der Waals surface area contributed by atoms with Crippen LogP contribution in [0.15, 0.2) is 53.7 Å². The molecule has 0 fully saturated rings. The maximum absolute atomic E-state index is 12.5. The summed E-state index contributed by atoms with van der Waals surface area (Å²) in [5.74, 6) is -0.409. The molecule has 1 heterocycles. The van der Waals surface area contributed by atoms with Crippen molar-refractivity contribution in [3.8, 4) is 0 Å². The summed E-state index contributed by atoms with van der Waals surface area (Å²) in [5.41, 5.74) is 2.22. The summed E-state index contributed by atoms with van der Waals surface area (Å²) in [6.45, 7) is 3.75. The van der Waals surface area contributed by atoms with Crippen LogP contribution in [0, 0.1) is 6.92 Å². The van der Waals surface area contributed by atoms with Crippen LogP contribution in [0.1, 0.15) is 45.1 Å². The number of benzene rings is 2. The Balaban J connectivity index is 1.60. The second-order valence-corrected chi connectivity index (χ2v) is 8.28. The number of hydrogen-bond donors (Lipinski definition) is 2. The molecule has 0 aliphatic rings. The van der Waals surface area contributed by atoms with E-state index in [9.17, 15) is 14.4 Å². The maximum Gasteiger partial charge on any atom is 0.339 e. The predicted molar refractivity (Wildman–Crippen MR) is 125 cm³/mol. The molecule has 172 valence electrons. The summed E-state index contributed by atoms with van der Waals surface area (Å²) < 4.78 is 6.48. The number of aromatic nitrogens is 3. The van der Waals surface area contributed by atoms with Gasteiger partial charge in [0, 0.05) is 12.6 Å². The van der Waals surface area contributed by atoms with Crippen molar-refractivity contribution in [1.29, 1.82) is 0 Å². The quantitative estimate of drug-likeness (QED) is 0.386. The van der Waals surface area contributed by atoms with Crippen molar-refractivity contribution in [3.63, 3.8) is 0 Å². The normalized spacial score (nSPS) is 11.5. The fourth-order valence-corrected chi connectivity index (χ4v) is 3.87. The highest BCUT2D eigenvalue weighted by atomic mass is 32.2. The van der Waals surface area contributed by atoms with Gasteiger partial charge in [0.1, 0.15) is 0 Å². The Kier molecular flexibility index (Phi) is 7.83. The fraction of sp³-hybridized carbons (Fsp3) is 0.261.